The molecule has 0 aliphatic carbocycles. The van der Waals surface area contributed by atoms with Gasteiger partial charge in [-0.25, -0.2) is 22.5 Å². The van der Waals surface area contributed by atoms with Gasteiger partial charge in [0.2, 0.25) is 10.4 Å². The Morgan fingerprint density at radius 2 is 1.50 bits per heavy atom. The lowest BCUT2D eigenvalue weighted by Gasteiger charge is -2.01. The fraction of sp³-hybridized carbons (Fsp3) is 0.643. The van der Waals surface area contributed by atoms with Crippen molar-refractivity contribution in [2.45, 2.75) is 79.3 Å². The lowest BCUT2D eigenvalue weighted by molar-refractivity contribution is -0.667. The van der Waals surface area contributed by atoms with Crippen molar-refractivity contribution in [3.63, 3.8) is 0 Å². The molecule has 0 radical (unpaired) electrons. The Labute approximate surface area is 264 Å². The molecule has 254 valence electrons. The number of isothiocyanates is 1. The van der Waals surface area contributed by atoms with Crippen molar-refractivity contribution in [1.82, 2.24) is 4.57 Å². The highest BCUT2D eigenvalue weighted by Gasteiger charge is 2.45. The van der Waals surface area contributed by atoms with E-state index in [2.05, 4.69) is 33.5 Å². The number of thiocarbonyl (C=S) groups is 1. The topological polar surface area (TPSA) is 140 Å². The molecule has 0 unspecified atom stereocenters. The van der Waals surface area contributed by atoms with Crippen molar-refractivity contribution in [3.8, 4) is 0 Å². The van der Waals surface area contributed by atoms with Crippen LogP contribution in [0, 0.1) is 0 Å². The van der Waals surface area contributed by atoms with E-state index in [1.54, 1.807) is 24.3 Å². The van der Waals surface area contributed by atoms with Gasteiger partial charge in [0.1, 0.15) is 0 Å². The molecule has 0 atom stereocenters. The first-order valence-corrected chi connectivity index (χ1v) is 15.1. The maximum Gasteiger partial charge on any atom is 0.495 e. The fourth-order valence-corrected chi connectivity index (χ4v) is 3.43. The number of rotatable bonds is 12. The molecule has 0 bridgehead atoms. The average molecular weight is 674 g/mol. The predicted molar refractivity (Wildman–Crippen MR) is 164 cm³/mol. The van der Waals surface area contributed by atoms with Crippen LogP contribution < -0.4 is 4.57 Å². The summed E-state index contributed by atoms with van der Waals surface area (Å²) in [7, 11) is -0.761. The molecule has 44 heavy (non-hydrogen) atoms. The highest BCUT2D eigenvalue weighted by atomic mass is 32.3. The van der Waals surface area contributed by atoms with Crippen LogP contribution in [-0.2, 0) is 53.9 Å². The molecule has 2 rings (SSSR count). The Morgan fingerprint density at radius 1 is 1.02 bits per heavy atom. The Morgan fingerprint density at radius 3 is 1.89 bits per heavy atom. The normalized spacial score (nSPS) is 10.3. The third-order valence-electron chi connectivity index (χ3n) is 5.28. The zero-order chi connectivity index (χ0) is 33.5. The standard InChI is InChI=1S/C10H10F3N2.C8H13NO2S.C8H16O2.CH4O4S.CH4/c1-14-7-5-3-4-6-8(7)15(2)9(14)10(11,12)13;1-8(10)11-6-4-2-3-5-9-7-12;1-3-4-5-6-7-10-8(2)9;1-5-6(2,3)4;/h3-6H,1-2H3;2-6H2,1H3;3-7H2,1-2H3;1H3,(H,2,3,4);1H4/q+1;;;;/p-1. The molecule has 16 heteroatoms. The number of aromatic nitrogens is 2. The van der Waals surface area contributed by atoms with Crippen LogP contribution in [0.15, 0.2) is 29.3 Å². The van der Waals surface area contributed by atoms with Gasteiger partial charge in [-0.3, -0.25) is 13.8 Å². The second-order valence-corrected chi connectivity index (χ2v) is 10.1. The van der Waals surface area contributed by atoms with Crippen molar-refractivity contribution in [3.05, 3.63) is 30.1 Å². The van der Waals surface area contributed by atoms with Crippen LogP contribution in [0.3, 0.4) is 0 Å². The number of para-hydroxylation sites is 2. The Balaban J connectivity index is -0.000000530. The maximum atomic E-state index is 12.7. The number of esters is 2. The van der Waals surface area contributed by atoms with E-state index in [1.807, 2.05) is 0 Å². The number of carbonyl (C=O) groups excluding carboxylic acids is 2. The molecule has 0 aliphatic rings. The molecule has 0 amide bonds. The van der Waals surface area contributed by atoms with Crippen molar-refractivity contribution < 1.29 is 54.0 Å². The largest absolute Gasteiger partial charge is 0.726 e. The van der Waals surface area contributed by atoms with Gasteiger partial charge in [-0.15, -0.1) is 0 Å². The summed E-state index contributed by atoms with van der Waals surface area (Å²) in [6.45, 7) is 6.84. The second-order valence-electron chi connectivity index (χ2n) is 8.78. The number of fused-ring (bicyclic) bond motifs is 1. The number of carbonyl (C=O) groups is 2. The monoisotopic (exact) mass is 673 g/mol. The minimum Gasteiger partial charge on any atom is -0.726 e. The summed E-state index contributed by atoms with van der Waals surface area (Å²) in [4.78, 5) is 24.3. The highest BCUT2D eigenvalue weighted by Crippen LogP contribution is 2.28. The number of ether oxygens (including phenoxy) is 2. The minimum atomic E-state index is -4.41. The molecule has 1 aromatic heterocycles. The number of aryl methyl sites for hydroxylation is 2. The third-order valence-corrected chi connectivity index (χ3v) is 5.82. The molecule has 0 spiro atoms. The van der Waals surface area contributed by atoms with Gasteiger partial charge in [-0.2, -0.15) is 13.2 Å². The molecular weight excluding hydrogens is 627 g/mol. The van der Waals surface area contributed by atoms with Crippen molar-refractivity contribution in [2.75, 3.05) is 26.9 Å². The number of benzene rings is 1. The van der Waals surface area contributed by atoms with Crippen molar-refractivity contribution in [1.29, 1.82) is 0 Å². The van der Waals surface area contributed by atoms with E-state index in [9.17, 15) is 35.7 Å². The first-order chi connectivity index (χ1) is 20.0. The Bertz CT molecular complexity index is 1200. The predicted octanol–water partition coefficient (Wildman–Crippen LogP) is 5.70. The van der Waals surface area contributed by atoms with Crippen LogP contribution in [0.5, 0.6) is 0 Å². The summed E-state index contributed by atoms with van der Waals surface area (Å²) >= 11 is 4.40. The zero-order valence-electron chi connectivity index (χ0n) is 25.4. The van der Waals surface area contributed by atoms with Crippen LogP contribution in [0.2, 0.25) is 0 Å². The van der Waals surface area contributed by atoms with E-state index in [0.717, 1.165) is 48.5 Å². The van der Waals surface area contributed by atoms with E-state index in [0.29, 0.717) is 24.2 Å². The van der Waals surface area contributed by atoms with Gasteiger partial charge in [0.25, 0.3) is 0 Å². The molecule has 1 aromatic carbocycles. The first kappa shape index (κ1) is 45.5. The summed E-state index contributed by atoms with van der Waals surface area (Å²) in [5.41, 5.74) is 1.15. The van der Waals surface area contributed by atoms with E-state index in [-0.39, 0.29) is 19.4 Å². The molecule has 11 nitrogen and oxygen atoms in total. The van der Waals surface area contributed by atoms with Crippen LogP contribution >= 0.6 is 12.2 Å². The summed E-state index contributed by atoms with van der Waals surface area (Å²) < 4.78 is 81.0. The molecule has 0 saturated heterocycles. The summed E-state index contributed by atoms with van der Waals surface area (Å²) in [5, 5.41) is 2.30. The van der Waals surface area contributed by atoms with Gasteiger partial charge in [0.05, 0.1) is 39.6 Å². The molecule has 1 heterocycles. The van der Waals surface area contributed by atoms with Crippen molar-refractivity contribution >= 4 is 50.8 Å². The van der Waals surface area contributed by atoms with Gasteiger partial charge >= 0.3 is 23.9 Å². The molecule has 0 fully saturated rings. The Hall–Kier alpha value is -2.91. The lowest BCUT2D eigenvalue weighted by atomic mass is 10.2. The van der Waals surface area contributed by atoms with Gasteiger partial charge in [-0.1, -0.05) is 45.7 Å². The van der Waals surface area contributed by atoms with E-state index < -0.39 is 22.4 Å². The molecular formula is C28H46F3N3O8S2. The summed E-state index contributed by atoms with van der Waals surface area (Å²) in [6.07, 6.45) is 3.19. The van der Waals surface area contributed by atoms with E-state index in [4.69, 9.17) is 9.47 Å². The minimum absolute atomic E-state index is 0. The van der Waals surface area contributed by atoms with E-state index >= 15 is 0 Å². The smallest absolute Gasteiger partial charge is 0.495 e. The SMILES string of the molecule is C.CC(=O)OCCCCCN=C=S.CCCCCCOC(C)=O.COS(=O)(=O)[O-].Cn1c(C(F)(F)F)[n+](C)c2ccccc21. The van der Waals surface area contributed by atoms with Gasteiger partial charge in [0, 0.05) is 20.4 Å². The quantitative estimate of drug-likeness (QED) is 0.0528. The van der Waals surface area contributed by atoms with Crippen LogP contribution in [0.4, 0.5) is 13.2 Å². The number of alkyl halides is 3. The first-order valence-electron chi connectivity index (χ1n) is 13.4. The third kappa shape index (κ3) is 23.5. The van der Waals surface area contributed by atoms with Crippen LogP contribution in [0.1, 0.15) is 79.0 Å². The van der Waals surface area contributed by atoms with E-state index in [1.165, 1.54) is 47.2 Å². The summed E-state index contributed by atoms with van der Waals surface area (Å²) in [6, 6.07) is 6.79. The number of unbranched alkanes of at least 4 members (excludes halogenated alkanes) is 5. The maximum absolute atomic E-state index is 12.7. The van der Waals surface area contributed by atoms with Crippen LogP contribution in [-0.4, -0.2) is 61.5 Å². The summed E-state index contributed by atoms with van der Waals surface area (Å²) in [5.74, 6) is -1.04. The highest BCUT2D eigenvalue weighted by molar-refractivity contribution is 7.80. The number of hydrogen-bond donors (Lipinski definition) is 0. The number of halogens is 3. The number of hydrogen-bond acceptors (Lipinski definition) is 10. The van der Waals surface area contributed by atoms with Crippen LogP contribution in [0.25, 0.3) is 11.0 Å². The van der Waals surface area contributed by atoms with Gasteiger partial charge < -0.3 is 14.0 Å². The number of nitrogens with zero attached hydrogens (tertiary/aromatic N) is 3. The average Bonchev–Trinajstić information content (AvgIpc) is 3.18. The second kappa shape index (κ2) is 25.4. The Kier molecular flexibility index (Phi) is 26.3. The molecule has 0 N–H and O–H groups in total. The fourth-order valence-electron chi connectivity index (χ4n) is 3.34. The molecule has 0 aliphatic heterocycles. The number of aliphatic imine (C=N–C) groups is 1. The molecule has 0 saturated carbocycles. The number of imidazole rings is 1. The van der Waals surface area contributed by atoms with Gasteiger partial charge in [-0.05, 0) is 50.0 Å². The van der Waals surface area contributed by atoms with Gasteiger partial charge in [0.15, 0.2) is 11.0 Å². The lowest BCUT2D eigenvalue weighted by Crippen LogP contribution is -2.37. The zero-order valence-corrected chi connectivity index (χ0v) is 27.1. The van der Waals surface area contributed by atoms with Crippen molar-refractivity contribution in [2.24, 2.45) is 19.1 Å². The molecule has 2 aromatic rings.